The number of nitrogens with zero attached hydrogens (tertiary/aromatic N) is 4. The van der Waals surface area contributed by atoms with Crippen molar-refractivity contribution in [3.8, 4) is 6.07 Å². The van der Waals surface area contributed by atoms with Crippen LogP contribution in [0.25, 0.3) is 11.0 Å². The maximum Gasteiger partial charge on any atom is 0.145 e. The predicted molar refractivity (Wildman–Crippen MR) is 86.7 cm³/mol. The van der Waals surface area contributed by atoms with Crippen LogP contribution in [0.4, 0.5) is 5.82 Å². The van der Waals surface area contributed by atoms with Crippen LogP contribution in [0.2, 0.25) is 5.02 Å². The van der Waals surface area contributed by atoms with Crippen LogP contribution in [-0.4, -0.2) is 14.5 Å². The molecule has 3 rings (SSSR count). The Morgan fingerprint density at radius 2 is 2.18 bits per heavy atom. The van der Waals surface area contributed by atoms with E-state index in [1.165, 1.54) is 11.8 Å². The third kappa shape index (κ3) is 2.61. The molecule has 0 amide bonds. The highest BCUT2D eigenvalue weighted by Gasteiger charge is 2.09. The fourth-order valence-electron chi connectivity index (χ4n) is 2.31. The lowest BCUT2D eigenvalue weighted by molar-refractivity contribution is 0.832. The highest BCUT2D eigenvalue weighted by molar-refractivity contribution is 6.33. The number of aromatic nitrogens is 3. The lowest BCUT2D eigenvalue weighted by Crippen LogP contribution is -2.07. The fourth-order valence-corrected chi connectivity index (χ4v) is 2.54. The third-order valence-corrected chi connectivity index (χ3v) is 3.80. The zero-order valence-corrected chi connectivity index (χ0v) is 13.0. The molecule has 0 aliphatic heterocycles. The number of hydrogen-bond donors (Lipinski definition) is 1. The standard InChI is InChI=1S/C16H14ClN5/c1-10-3-4-14-13(5-10)21-15(22(14)2)9-20-16-12(17)6-11(7-18)8-19-16/h3-6,8H,9H2,1-2H3,(H,19,20). The Hall–Kier alpha value is -2.58. The van der Waals surface area contributed by atoms with E-state index in [0.29, 0.717) is 22.9 Å². The molecule has 5 nitrogen and oxygen atoms in total. The Balaban J connectivity index is 1.85. The molecule has 0 atom stereocenters. The highest BCUT2D eigenvalue weighted by atomic mass is 35.5. The van der Waals surface area contributed by atoms with Gasteiger partial charge < -0.3 is 9.88 Å². The second-order valence-corrected chi connectivity index (χ2v) is 5.51. The van der Waals surface area contributed by atoms with Crippen molar-refractivity contribution >= 4 is 28.5 Å². The number of halogens is 1. The van der Waals surface area contributed by atoms with E-state index in [4.69, 9.17) is 16.9 Å². The lowest BCUT2D eigenvalue weighted by Gasteiger charge is -2.07. The summed E-state index contributed by atoms with van der Waals surface area (Å²) in [6.45, 7) is 2.55. The zero-order chi connectivity index (χ0) is 15.7. The third-order valence-electron chi connectivity index (χ3n) is 3.51. The SMILES string of the molecule is Cc1ccc2c(c1)nc(CNc1ncc(C#N)cc1Cl)n2C. The van der Waals surface area contributed by atoms with E-state index in [2.05, 4.69) is 33.5 Å². The normalized spacial score (nSPS) is 10.6. The molecule has 0 saturated carbocycles. The molecule has 3 aromatic rings. The Morgan fingerprint density at radius 3 is 2.91 bits per heavy atom. The molecule has 0 spiro atoms. The van der Waals surface area contributed by atoms with Crippen molar-refractivity contribution in [2.24, 2.45) is 7.05 Å². The maximum atomic E-state index is 8.82. The van der Waals surface area contributed by atoms with Crippen LogP contribution in [0, 0.1) is 18.3 Å². The number of anilines is 1. The second kappa shape index (κ2) is 5.66. The van der Waals surface area contributed by atoms with Crippen LogP contribution in [0.3, 0.4) is 0 Å². The highest BCUT2D eigenvalue weighted by Crippen LogP contribution is 2.21. The first-order valence-corrected chi connectivity index (χ1v) is 7.18. The van der Waals surface area contributed by atoms with Crippen molar-refractivity contribution in [2.45, 2.75) is 13.5 Å². The van der Waals surface area contributed by atoms with E-state index in [0.717, 1.165) is 16.9 Å². The molecule has 110 valence electrons. The summed E-state index contributed by atoms with van der Waals surface area (Å²) in [6, 6.07) is 9.80. The molecule has 0 bridgehead atoms. The summed E-state index contributed by atoms with van der Waals surface area (Å²) in [5, 5.41) is 12.4. The van der Waals surface area contributed by atoms with Crippen LogP contribution in [0.1, 0.15) is 17.0 Å². The van der Waals surface area contributed by atoms with Crippen molar-refractivity contribution in [1.29, 1.82) is 5.26 Å². The fraction of sp³-hybridized carbons (Fsp3) is 0.188. The number of fused-ring (bicyclic) bond motifs is 1. The van der Waals surface area contributed by atoms with Gasteiger partial charge in [-0.3, -0.25) is 0 Å². The Morgan fingerprint density at radius 1 is 1.36 bits per heavy atom. The summed E-state index contributed by atoms with van der Waals surface area (Å²) in [7, 11) is 1.98. The Labute approximate surface area is 133 Å². The first-order valence-electron chi connectivity index (χ1n) is 6.80. The summed E-state index contributed by atoms with van der Waals surface area (Å²) >= 11 is 6.11. The van der Waals surface area contributed by atoms with Crippen LogP contribution in [-0.2, 0) is 13.6 Å². The largest absolute Gasteiger partial charge is 0.362 e. The molecule has 0 saturated heterocycles. The molecular weight excluding hydrogens is 298 g/mol. The van der Waals surface area contributed by atoms with Gasteiger partial charge in [0, 0.05) is 13.2 Å². The molecule has 1 aromatic carbocycles. The van der Waals surface area contributed by atoms with Crippen molar-refractivity contribution in [3.63, 3.8) is 0 Å². The average molecular weight is 312 g/mol. The smallest absolute Gasteiger partial charge is 0.145 e. The number of nitriles is 1. The second-order valence-electron chi connectivity index (χ2n) is 5.10. The van der Waals surface area contributed by atoms with Crippen molar-refractivity contribution < 1.29 is 0 Å². The number of nitrogens with one attached hydrogen (secondary N) is 1. The molecule has 0 unspecified atom stereocenters. The summed E-state index contributed by atoms with van der Waals surface area (Å²) in [5.41, 5.74) is 3.68. The quantitative estimate of drug-likeness (QED) is 0.805. The van der Waals surface area contributed by atoms with E-state index in [9.17, 15) is 0 Å². The maximum absolute atomic E-state index is 8.82. The minimum absolute atomic E-state index is 0.425. The van der Waals surface area contributed by atoms with E-state index < -0.39 is 0 Å². The van der Waals surface area contributed by atoms with Gasteiger partial charge in [0.1, 0.15) is 17.7 Å². The van der Waals surface area contributed by atoms with Gasteiger partial charge >= 0.3 is 0 Å². The van der Waals surface area contributed by atoms with Crippen LogP contribution in [0.15, 0.2) is 30.5 Å². The summed E-state index contributed by atoms with van der Waals surface area (Å²) in [4.78, 5) is 8.79. The van der Waals surface area contributed by atoms with Crippen molar-refractivity contribution in [3.05, 3.63) is 52.4 Å². The summed E-state index contributed by atoms with van der Waals surface area (Å²) in [6.07, 6.45) is 1.49. The van der Waals surface area contributed by atoms with Gasteiger partial charge in [-0.15, -0.1) is 0 Å². The van der Waals surface area contributed by atoms with Gasteiger partial charge in [-0.2, -0.15) is 5.26 Å². The molecule has 0 fully saturated rings. The molecule has 22 heavy (non-hydrogen) atoms. The monoisotopic (exact) mass is 311 g/mol. The first kappa shape index (κ1) is 14.4. The molecule has 0 aliphatic carbocycles. The van der Waals surface area contributed by atoms with Crippen LogP contribution < -0.4 is 5.32 Å². The molecular formula is C16H14ClN5. The molecule has 0 radical (unpaired) electrons. The van der Waals surface area contributed by atoms with Gasteiger partial charge in [0.2, 0.25) is 0 Å². The number of benzene rings is 1. The molecule has 0 aliphatic rings. The predicted octanol–water partition coefficient (Wildman–Crippen LogP) is 3.41. The van der Waals surface area contributed by atoms with Crippen LogP contribution >= 0.6 is 11.6 Å². The minimum Gasteiger partial charge on any atom is -0.362 e. The topological polar surface area (TPSA) is 66.5 Å². The first-order chi connectivity index (χ1) is 10.6. The van der Waals surface area contributed by atoms with Gasteiger partial charge in [-0.25, -0.2) is 9.97 Å². The number of hydrogen-bond acceptors (Lipinski definition) is 4. The van der Waals surface area contributed by atoms with E-state index >= 15 is 0 Å². The molecule has 6 heteroatoms. The number of rotatable bonds is 3. The Bertz CT molecular complexity index is 891. The van der Waals surface area contributed by atoms with Crippen LogP contribution in [0.5, 0.6) is 0 Å². The number of imidazole rings is 1. The molecule has 2 aromatic heterocycles. The van der Waals surface area contributed by atoms with Gasteiger partial charge in [-0.1, -0.05) is 17.7 Å². The van der Waals surface area contributed by atoms with Crippen molar-refractivity contribution in [1.82, 2.24) is 14.5 Å². The van der Waals surface area contributed by atoms with E-state index in [1.807, 2.05) is 24.6 Å². The average Bonchev–Trinajstić information content (AvgIpc) is 2.81. The number of aryl methyl sites for hydroxylation is 2. The summed E-state index contributed by atoms with van der Waals surface area (Å²) < 4.78 is 2.04. The van der Waals surface area contributed by atoms with E-state index in [-0.39, 0.29) is 0 Å². The van der Waals surface area contributed by atoms with Gasteiger partial charge in [-0.05, 0) is 30.7 Å². The van der Waals surface area contributed by atoms with Gasteiger partial charge in [0.25, 0.3) is 0 Å². The van der Waals surface area contributed by atoms with E-state index in [1.54, 1.807) is 6.07 Å². The minimum atomic E-state index is 0.425. The summed E-state index contributed by atoms with van der Waals surface area (Å²) in [5.74, 6) is 1.44. The van der Waals surface area contributed by atoms with Crippen molar-refractivity contribution in [2.75, 3.05) is 5.32 Å². The van der Waals surface area contributed by atoms with Gasteiger partial charge in [0.15, 0.2) is 0 Å². The molecule has 1 N–H and O–H groups in total. The zero-order valence-electron chi connectivity index (χ0n) is 12.3. The molecule has 2 heterocycles. The Kier molecular flexibility index (Phi) is 3.70. The number of pyridine rings is 1. The van der Waals surface area contributed by atoms with Gasteiger partial charge in [0.05, 0.1) is 28.2 Å². The lowest BCUT2D eigenvalue weighted by atomic mass is 10.2.